The molecule has 0 saturated carbocycles. The lowest BCUT2D eigenvalue weighted by Gasteiger charge is -2.31. The first-order valence-electron chi connectivity index (χ1n) is 7.40. The van der Waals surface area contributed by atoms with Crippen LogP contribution in [0.5, 0.6) is 0 Å². The Bertz CT molecular complexity index is 498. The van der Waals surface area contributed by atoms with E-state index >= 15 is 0 Å². The first-order chi connectivity index (χ1) is 10.3. The molecule has 5 N–H and O–H groups in total. The molecule has 1 rings (SSSR count). The van der Waals surface area contributed by atoms with Crippen LogP contribution in [0.4, 0.5) is 0 Å². The van der Waals surface area contributed by atoms with Gasteiger partial charge in [0.25, 0.3) is 0 Å². The van der Waals surface area contributed by atoms with E-state index in [2.05, 4.69) is 35.0 Å². The highest BCUT2D eigenvalue weighted by Gasteiger charge is 2.21. The fourth-order valence-electron chi connectivity index (χ4n) is 2.10. The largest absolute Gasteiger partial charge is 0.353 e. The molecule has 138 valence electrons. The number of benzene rings is 1. The number of halogens is 2. The second-order valence-corrected chi connectivity index (χ2v) is 5.92. The SMILES string of the molecule is CC(NC(C)(C)CNC(=O)CNC(=O)CN)c1ccccc1.Cl.Cl. The summed E-state index contributed by atoms with van der Waals surface area (Å²) in [5, 5.41) is 8.72. The van der Waals surface area contributed by atoms with Crippen molar-refractivity contribution in [1.29, 1.82) is 0 Å². The van der Waals surface area contributed by atoms with Crippen LogP contribution in [0.15, 0.2) is 30.3 Å². The van der Waals surface area contributed by atoms with Crippen LogP contribution in [0.3, 0.4) is 0 Å². The summed E-state index contributed by atoms with van der Waals surface area (Å²) in [6, 6.07) is 10.3. The van der Waals surface area contributed by atoms with Crippen LogP contribution in [0.1, 0.15) is 32.4 Å². The molecule has 0 radical (unpaired) electrons. The maximum absolute atomic E-state index is 11.7. The summed E-state index contributed by atoms with van der Waals surface area (Å²) < 4.78 is 0. The van der Waals surface area contributed by atoms with Crippen LogP contribution >= 0.6 is 24.8 Å². The van der Waals surface area contributed by atoms with Crippen LogP contribution in [0.2, 0.25) is 0 Å². The average Bonchev–Trinajstić information content (AvgIpc) is 2.51. The van der Waals surface area contributed by atoms with Crippen LogP contribution in [-0.4, -0.2) is 37.0 Å². The van der Waals surface area contributed by atoms with Crippen molar-refractivity contribution in [2.75, 3.05) is 19.6 Å². The van der Waals surface area contributed by atoms with E-state index in [0.29, 0.717) is 6.54 Å². The molecule has 1 unspecified atom stereocenters. The van der Waals surface area contributed by atoms with Gasteiger partial charge < -0.3 is 21.7 Å². The van der Waals surface area contributed by atoms with Gasteiger partial charge in [-0.3, -0.25) is 9.59 Å². The van der Waals surface area contributed by atoms with Gasteiger partial charge in [-0.05, 0) is 26.3 Å². The summed E-state index contributed by atoms with van der Waals surface area (Å²) in [5.74, 6) is -0.575. The van der Waals surface area contributed by atoms with Crippen molar-refractivity contribution in [2.24, 2.45) is 5.73 Å². The van der Waals surface area contributed by atoms with Crippen LogP contribution < -0.4 is 21.7 Å². The minimum Gasteiger partial charge on any atom is -0.353 e. The van der Waals surface area contributed by atoms with E-state index in [1.54, 1.807) is 0 Å². The molecule has 0 fully saturated rings. The second-order valence-electron chi connectivity index (χ2n) is 5.92. The van der Waals surface area contributed by atoms with Gasteiger partial charge in [-0.15, -0.1) is 24.8 Å². The van der Waals surface area contributed by atoms with Crippen molar-refractivity contribution in [2.45, 2.75) is 32.4 Å². The molecule has 0 aliphatic carbocycles. The van der Waals surface area contributed by atoms with Gasteiger partial charge in [0.15, 0.2) is 0 Å². The quantitative estimate of drug-likeness (QED) is 0.545. The lowest BCUT2D eigenvalue weighted by atomic mass is 10.0. The number of hydrogen-bond donors (Lipinski definition) is 4. The maximum Gasteiger partial charge on any atom is 0.239 e. The Kier molecular flexibility index (Phi) is 12.5. The smallest absolute Gasteiger partial charge is 0.239 e. The van der Waals surface area contributed by atoms with Crippen molar-refractivity contribution < 1.29 is 9.59 Å². The molecule has 0 aromatic heterocycles. The van der Waals surface area contributed by atoms with Gasteiger partial charge in [-0.1, -0.05) is 30.3 Å². The molecule has 1 aromatic carbocycles. The lowest BCUT2D eigenvalue weighted by Crippen LogP contribution is -2.51. The third-order valence-corrected chi connectivity index (χ3v) is 3.27. The fourth-order valence-corrected chi connectivity index (χ4v) is 2.10. The topological polar surface area (TPSA) is 96.2 Å². The third-order valence-electron chi connectivity index (χ3n) is 3.27. The Hall–Kier alpha value is -1.34. The predicted octanol–water partition coefficient (Wildman–Crippen LogP) is 1.15. The Balaban J connectivity index is 0. The molecule has 24 heavy (non-hydrogen) atoms. The van der Waals surface area contributed by atoms with Crippen LogP contribution in [-0.2, 0) is 9.59 Å². The molecular weight excluding hydrogens is 351 g/mol. The third kappa shape index (κ3) is 9.72. The van der Waals surface area contributed by atoms with Crippen molar-refractivity contribution in [1.82, 2.24) is 16.0 Å². The van der Waals surface area contributed by atoms with E-state index in [-0.39, 0.29) is 61.3 Å². The molecule has 0 aliphatic rings. The van der Waals surface area contributed by atoms with E-state index < -0.39 is 0 Å². The first-order valence-corrected chi connectivity index (χ1v) is 7.40. The van der Waals surface area contributed by atoms with Crippen molar-refractivity contribution >= 4 is 36.6 Å². The minimum atomic E-state index is -0.342. The zero-order chi connectivity index (χ0) is 16.6. The van der Waals surface area contributed by atoms with Crippen molar-refractivity contribution in [3.05, 3.63) is 35.9 Å². The summed E-state index contributed by atoms with van der Waals surface area (Å²) in [5.41, 5.74) is 6.07. The number of carbonyl (C=O) groups excluding carboxylic acids is 2. The Morgan fingerprint density at radius 1 is 1.08 bits per heavy atom. The Labute approximate surface area is 156 Å². The average molecular weight is 379 g/mol. The molecule has 6 nitrogen and oxygen atoms in total. The van der Waals surface area contributed by atoms with E-state index in [4.69, 9.17) is 5.73 Å². The number of rotatable bonds is 8. The van der Waals surface area contributed by atoms with Gasteiger partial charge >= 0.3 is 0 Å². The Morgan fingerprint density at radius 3 is 2.21 bits per heavy atom. The molecule has 0 aliphatic heterocycles. The minimum absolute atomic E-state index is 0. The Morgan fingerprint density at radius 2 is 1.67 bits per heavy atom. The highest BCUT2D eigenvalue weighted by Crippen LogP contribution is 2.15. The van der Waals surface area contributed by atoms with Crippen LogP contribution in [0, 0.1) is 0 Å². The standard InChI is InChI=1S/C16H26N4O2.2ClH/c1-12(13-7-5-4-6-8-13)20-16(2,3)11-19-15(22)10-18-14(21)9-17;;/h4-8,12,20H,9-11,17H2,1-3H3,(H,18,21)(H,19,22);2*1H. The summed E-state index contributed by atoms with van der Waals surface area (Å²) in [6.07, 6.45) is 0. The fraction of sp³-hybridized carbons (Fsp3) is 0.500. The van der Waals surface area contributed by atoms with Gasteiger partial charge in [0.05, 0.1) is 13.1 Å². The normalized spacial score (nSPS) is 11.5. The summed E-state index contributed by atoms with van der Waals surface area (Å²) >= 11 is 0. The molecule has 1 aromatic rings. The number of hydrogen-bond acceptors (Lipinski definition) is 4. The van der Waals surface area contributed by atoms with E-state index in [0.717, 1.165) is 0 Å². The van der Waals surface area contributed by atoms with Gasteiger partial charge in [0.2, 0.25) is 11.8 Å². The number of carbonyl (C=O) groups is 2. The second kappa shape index (κ2) is 12.1. The zero-order valence-corrected chi connectivity index (χ0v) is 15.9. The van der Waals surface area contributed by atoms with Crippen molar-refractivity contribution in [3.63, 3.8) is 0 Å². The lowest BCUT2D eigenvalue weighted by molar-refractivity contribution is -0.125. The zero-order valence-electron chi connectivity index (χ0n) is 14.3. The molecule has 2 amide bonds. The van der Waals surface area contributed by atoms with E-state index in [9.17, 15) is 9.59 Å². The maximum atomic E-state index is 11.7. The van der Waals surface area contributed by atoms with Crippen molar-refractivity contribution in [3.8, 4) is 0 Å². The summed E-state index contributed by atoms with van der Waals surface area (Å²) in [4.78, 5) is 22.7. The molecule has 1 atom stereocenters. The molecule has 8 heteroatoms. The molecule has 0 spiro atoms. The van der Waals surface area contributed by atoms with Gasteiger partial charge in [-0.25, -0.2) is 0 Å². The highest BCUT2D eigenvalue weighted by atomic mass is 35.5. The summed E-state index contributed by atoms with van der Waals surface area (Å²) in [7, 11) is 0. The number of amides is 2. The highest BCUT2D eigenvalue weighted by molar-refractivity contribution is 5.86. The molecule has 0 saturated heterocycles. The number of nitrogens with one attached hydrogen (secondary N) is 3. The molecule has 0 bridgehead atoms. The van der Waals surface area contributed by atoms with Gasteiger partial charge in [-0.2, -0.15) is 0 Å². The van der Waals surface area contributed by atoms with Crippen LogP contribution in [0.25, 0.3) is 0 Å². The van der Waals surface area contributed by atoms with E-state index in [1.165, 1.54) is 5.56 Å². The molecule has 0 heterocycles. The monoisotopic (exact) mass is 378 g/mol. The summed E-state index contributed by atoms with van der Waals surface area (Å²) in [6.45, 7) is 6.41. The molecular formula is C16H28Cl2N4O2. The predicted molar refractivity (Wildman–Crippen MR) is 102 cm³/mol. The van der Waals surface area contributed by atoms with E-state index in [1.807, 2.05) is 32.0 Å². The van der Waals surface area contributed by atoms with Gasteiger partial charge in [0, 0.05) is 18.1 Å². The first kappa shape index (κ1) is 24.9. The van der Waals surface area contributed by atoms with Gasteiger partial charge in [0.1, 0.15) is 0 Å². The number of nitrogens with two attached hydrogens (primary N) is 1.